The van der Waals surface area contributed by atoms with Crippen LogP contribution in [0.3, 0.4) is 0 Å². The van der Waals surface area contributed by atoms with E-state index in [2.05, 4.69) is 20.3 Å². The molecule has 0 bridgehead atoms. The number of aliphatic hydroxyl groups is 1. The molecule has 4 rings (SSSR count). The van der Waals surface area contributed by atoms with E-state index in [-0.39, 0.29) is 29.6 Å². The minimum Gasteiger partial charge on any atom is -0.390 e. The third-order valence-corrected chi connectivity index (χ3v) is 4.54. The van der Waals surface area contributed by atoms with E-state index in [0.717, 1.165) is 12.8 Å². The van der Waals surface area contributed by atoms with Gasteiger partial charge in [-0.3, -0.25) is 4.79 Å². The van der Waals surface area contributed by atoms with Crippen LogP contribution in [0.15, 0.2) is 24.7 Å². The molecule has 1 saturated heterocycles. The number of halogens is 1. The number of H-pyrrole nitrogens is 1. The average Bonchev–Trinajstić information content (AvgIpc) is 3.31. The highest BCUT2D eigenvalue weighted by atomic mass is 19.1. The van der Waals surface area contributed by atoms with Crippen LogP contribution in [-0.2, 0) is 6.61 Å². The number of aromatic nitrogens is 5. The molecular formula is C16H17FN6O2. The standard InChI is InChI=1S/C16H17FN6O2/c17-14-12(3-4-13-15(14)19-9-18-13)16(25)22-5-1-2-11(7-22)23-6-10(8-24)20-21-23/h3-4,6,9,11,24H,1-2,5,7-8H2,(H,18,19). The number of aromatic amines is 1. The number of likely N-dealkylation sites (tertiary alicyclic amines) is 1. The van der Waals surface area contributed by atoms with E-state index in [1.54, 1.807) is 21.8 Å². The fourth-order valence-electron chi connectivity index (χ4n) is 3.23. The number of hydrogen-bond acceptors (Lipinski definition) is 5. The molecule has 130 valence electrons. The highest BCUT2D eigenvalue weighted by molar-refractivity contribution is 5.97. The first-order valence-electron chi connectivity index (χ1n) is 8.10. The van der Waals surface area contributed by atoms with Crippen LogP contribution in [0.25, 0.3) is 11.0 Å². The van der Waals surface area contributed by atoms with Crippen molar-refractivity contribution >= 4 is 16.9 Å². The van der Waals surface area contributed by atoms with Crippen molar-refractivity contribution in [1.29, 1.82) is 0 Å². The van der Waals surface area contributed by atoms with E-state index in [0.29, 0.717) is 24.3 Å². The molecule has 1 aliphatic heterocycles. The normalized spacial score (nSPS) is 18.0. The van der Waals surface area contributed by atoms with Gasteiger partial charge in [-0.1, -0.05) is 5.21 Å². The van der Waals surface area contributed by atoms with Gasteiger partial charge in [0.15, 0.2) is 5.82 Å². The smallest absolute Gasteiger partial charge is 0.256 e. The minimum atomic E-state index is -0.603. The molecule has 1 aliphatic rings. The van der Waals surface area contributed by atoms with Crippen LogP contribution in [-0.4, -0.2) is 54.0 Å². The Hall–Kier alpha value is -2.81. The summed E-state index contributed by atoms with van der Waals surface area (Å²) in [7, 11) is 0. The summed E-state index contributed by atoms with van der Waals surface area (Å²) in [6.07, 6.45) is 4.72. The third kappa shape index (κ3) is 2.76. The van der Waals surface area contributed by atoms with Crippen molar-refractivity contribution in [2.45, 2.75) is 25.5 Å². The zero-order chi connectivity index (χ0) is 17.4. The lowest BCUT2D eigenvalue weighted by Crippen LogP contribution is -2.41. The maximum atomic E-state index is 14.6. The summed E-state index contributed by atoms with van der Waals surface area (Å²) in [5.41, 5.74) is 1.24. The van der Waals surface area contributed by atoms with E-state index in [4.69, 9.17) is 5.11 Å². The predicted molar refractivity (Wildman–Crippen MR) is 86.2 cm³/mol. The summed E-state index contributed by atoms with van der Waals surface area (Å²) in [6, 6.07) is 3.11. The Morgan fingerprint density at radius 1 is 1.44 bits per heavy atom. The van der Waals surface area contributed by atoms with Gasteiger partial charge in [0.2, 0.25) is 0 Å². The van der Waals surface area contributed by atoms with Crippen LogP contribution >= 0.6 is 0 Å². The van der Waals surface area contributed by atoms with Crippen molar-refractivity contribution in [2.24, 2.45) is 0 Å². The summed E-state index contributed by atoms with van der Waals surface area (Å²) >= 11 is 0. The van der Waals surface area contributed by atoms with E-state index < -0.39 is 5.82 Å². The molecule has 2 aromatic heterocycles. The number of nitrogens with zero attached hydrogens (tertiary/aromatic N) is 5. The van der Waals surface area contributed by atoms with Crippen molar-refractivity contribution in [3.63, 3.8) is 0 Å². The summed E-state index contributed by atoms with van der Waals surface area (Å²) < 4.78 is 16.3. The molecule has 0 spiro atoms. The molecule has 9 heteroatoms. The molecule has 0 radical (unpaired) electrons. The van der Waals surface area contributed by atoms with Gasteiger partial charge in [0, 0.05) is 13.1 Å². The number of rotatable bonds is 3. The first-order valence-corrected chi connectivity index (χ1v) is 8.10. The number of hydrogen-bond donors (Lipinski definition) is 2. The average molecular weight is 344 g/mol. The van der Waals surface area contributed by atoms with Crippen LogP contribution in [0.2, 0.25) is 0 Å². The lowest BCUT2D eigenvalue weighted by Gasteiger charge is -2.32. The van der Waals surface area contributed by atoms with Gasteiger partial charge in [-0.2, -0.15) is 0 Å². The first kappa shape index (κ1) is 15.7. The summed E-state index contributed by atoms with van der Waals surface area (Å²) in [6.45, 7) is 0.810. The van der Waals surface area contributed by atoms with Crippen molar-refractivity contribution in [3.05, 3.63) is 41.7 Å². The van der Waals surface area contributed by atoms with Gasteiger partial charge >= 0.3 is 0 Å². The van der Waals surface area contributed by atoms with Gasteiger partial charge in [0.1, 0.15) is 11.2 Å². The van der Waals surface area contributed by atoms with E-state index >= 15 is 0 Å². The number of fused-ring (bicyclic) bond motifs is 1. The Kier molecular flexibility index (Phi) is 3.92. The summed E-state index contributed by atoms with van der Waals surface area (Å²) in [5.74, 6) is -0.955. The Bertz CT molecular complexity index is 920. The summed E-state index contributed by atoms with van der Waals surface area (Å²) in [5, 5.41) is 17.0. The molecule has 1 aromatic carbocycles. The van der Waals surface area contributed by atoms with Crippen molar-refractivity contribution in [1.82, 2.24) is 29.9 Å². The molecule has 1 unspecified atom stereocenters. The Balaban J connectivity index is 1.57. The fourth-order valence-corrected chi connectivity index (χ4v) is 3.23. The Morgan fingerprint density at radius 2 is 2.32 bits per heavy atom. The molecule has 1 atom stereocenters. The number of amides is 1. The molecule has 2 N–H and O–H groups in total. The van der Waals surface area contributed by atoms with Crippen molar-refractivity contribution < 1.29 is 14.3 Å². The molecular weight excluding hydrogens is 327 g/mol. The third-order valence-electron chi connectivity index (χ3n) is 4.54. The lowest BCUT2D eigenvalue weighted by molar-refractivity contribution is 0.0667. The van der Waals surface area contributed by atoms with Gasteiger partial charge < -0.3 is 15.0 Å². The van der Waals surface area contributed by atoms with Crippen LogP contribution in [0.1, 0.15) is 34.9 Å². The van der Waals surface area contributed by atoms with Gasteiger partial charge in [-0.25, -0.2) is 14.1 Å². The lowest BCUT2D eigenvalue weighted by atomic mass is 10.0. The van der Waals surface area contributed by atoms with Crippen LogP contribution in [0.4, 0.5) is 4.39 Å². The quantitative estimate of drug-likeness (QED) is 0.745. The number of benzene rings is 1. The maximum Gasteiger partial charge on any atom is 0.256 e. The molecule has 1 amide bonds. The zero-order valence-corrected chi connectivity index (χ0v) is 13.4. The predicted octanol–water partition coefficient (Wildman–Crippen LogP) is 1.26. The van der Waals surface area contributed by atoms with E-state index in [9.17, 15) is 9.18 Å². The van der Waals surface area contributed by atoms with Gasteiger partial charge in [0.25, 0.3) is 5.91 Å². The monoisotopic (exact) mass is 344 g/mol. The van der Waals surface area contributed by atoms with Gasteiger partial charge in [0.05, 0.1) is 36.3 Å². The van der Waals surface area contributed by atoms with Crippen LogP contribution in [0.5, 0.6) is 0 Å². The number of carbonyl (C=O) groups is 1. The fraction of sp³-hybridized carbons (Fsp3) is 0.375. The number of aliphatic hydroxyl groups excluding tert-OH is 1. The van der Waals surface area contributed by atoms with Crippen LogP contribution < -0.4 is 0 Å². The van der Waals surface area contributed by atoms with E-state index in [1.165, 1.54) is 12.4 Å². The molecule has 3 heterocycles. The second kappa shape index (κ2) is 6.25. The zero-order valence-electron chi connectivity index (χ0n) is 13.4. The Labute approximate surface area is 142 Å². The number of imidazole rings is 1. The largest absolute Gasteiger partial charge is 0.390 e. The molecule has 8 nitrogen and oxygen atoms in total. The summed E-state index contributed by atoms with van der Waals surface area (Å²) in [4.78, 5) is 21.2. The number of piperidine rings is 1. The number of carbonyl (C=O) groups excluding carboxylic acids is 1. The highest BCUT2D eigenvalue weighted by Gasteiger charge is 2.28. The molecule has 0 aliphatic carbocycles. The van der Waals surface area contributed by atoms with Crippen molar-refractivity contribution in [2.75, 3.05) is 13.1 Å². The van der Waals surface area contributed by atoms with E-state index in [1.807, 2.05) is 0 Å². The van der Waals surface area contributed by atoms with Gasteiger partial charge in [-0.05, 0) is 25.0 Å². The van der Waals surface area contributed by atoms with Crippen LogP contribution in [0, 0.1) is 5.82 Å². The molecule has 0 saturated carbocycles. The SMILES string of the molecule is O=C(c1ccc2[nH]cnc2c1F)N1CCCC(n2cc(CO)nn2)C1. The molecule has 1 fully saturated rings. The van der Waals surface area contributed by atoms with Crippen molar-refractivity contribution in [3.8, 4) is 0 Å². The molecule has 25 heavy (non-hydrogen) atoms. The molecule has 3 aromatic rings. The first-order chi connectivity index (χ1) is 12.2. The topological polar surface area (TPSA) is 99.9 Å². The maximum absolute atomic E-state index is 14.6. The van der Waals surface area contributed by atoms with Gasteiger partial charge in [-0.15, -0.1) is 5.10 Å². The Morgan fingerprint density at radius 3 is 3.12 bits per heavy atom. The number of nitrogens with one attached hydrogen (secondary N) is 1. The highest BCUT2D eigenvalue weighted by Crippen LogP contribution is 2.25. The second-order valence-corrected chi connectivity index (χ2v) is 6.12. The second-order valence-electron chi connectivity index (χ2n) is 6.12. The minimum absolute atomic E-state index is 0.0230.